The Morgan fingerprint density at radius 1 is 1.03 bits per heavy atom. The Morgan fingerprint density at radius 3 is 2.52 bits per heavy atom. The van der Waals surface area contributed by atoms with Gasteiger partial charge in [0.1, 0.15) is 18.2 Å². The summed E-state index contributed by atoms with van der Waals surface area (Å²) in [5, 5.41) is 2.95. The van der Waals surface area contributed by atoms with E-state index in [1.807, 2.05) is 36.4 Å². The lowest BCUT2D eigenvalue weighted by Crippen LogP contribution is -2.25. The van der Waals surface area contributed by atoms with Gasteiger partial charge in [0, 0.05) is 18.0 Å². The van der Waals surface area contributed by atoms with Crippen molar-refractivity contribution in [3.05, 3.63) is 90.0 Å². The summed E-state index contributed by atoms with van der Waals surface area (Å²) >= 11 is 0. The number of ether oxygens (including phenoxy) is 1. The van der Waals surface area contributed by atoms with Crippen LogP contribution in [0.4, 0.5) is 0 Å². The Kier molecular flexibility index (Phi) is 6.26. The maximum atomic E-state index is 12.4. The molecule has 1 amide bonds. The predicted molar refractivity (Wildman–Crippen MR) is 121 cm³/mol. The van der Waals surface area contributed by atoms with Gasteiger partial charge in [0.05, 0.1) is 24.1 Å². The van der Waals surface area contributed by atoms with Crippen molar-refractivity contribution in [3.8, 4) is 5.75 Å². The van der Waals surface area contributed by atoms with Crippen LogP contribution in [-0.2, 0) is 13.1 Å². The predicted octanol–water partition coefficient (Wildman–Crippen LogP) is 4.56. The van der Waals surface area contributed by atoms with Crippen LogP contribution in [-0.4, -0.2) is 27.0 Å². The number of imidazole rings is 1. The van der Waals surface area contributed by atoms with Gasteiger partial charge in [-0.1, -0.05) is 38.1 Å². The van der Waals surface area contributed by atoms with Crippen molar-refractivity contribution in [3.63, 3.8) is 0 Å². The Labute approximate surface area is 181 Å². The van der Waals surface area contributed by atoms with Gasteiger partial charge in [-0.05, 0) is 47.9 Å². The van der Waals surface area contributed by atoms with Crippen LogP contribution in [0.3, 0.4) is 0 Å². The number of para-hydroxylation sites is 2. The molecule has 6 nitrogen and oxygen atoms in total. The maximum absolute atomic E-state index is 12.4. The molecule has 2 heterocycles. The molecule has 0 aliphatic heterocycles. The monoisotopic (exact) mass is 414 g/mol. The molecule has 6 heteroatoms. The molecule has 0 aliphatic rings. The number of carbonyl (C=O) groups excluding carboxylic acids is 1. The molecule has 0 saturated heterocycles. The van der Waals surface area contributed by atoms with E-state index in [-0.39, 0.29) is 5.91 Å². The summed E-state index contributed by atoms with van der Waals surface area (Å²) in [6.07, 6.45) is 3.21. The summed E-state index contributed by atoms with van der Waals surface area (Å²) in [5.74, 6) is 1.99. The fraction of sp³-hybridized carbons (Fsp3) is 0.240. The highest BCUT2D eigenvalue weighted by Crippen LogP contribution is 2.20. The largest absolute Gasteiger partial charge is 0.492 e. The number of fused-ring (bicyclic) bond motifs is 1. The van der Waals surface area contributed by atoms with Gasteiger partial charge in [0.15, 0.2) is 0 Å². The van der Waals surface area contributed by atoms with Crippen molar-refractivity contribution in [2.45, 2.75) is 32.9 Å². The minimum absolute atomic E-state index is 0.150. The molecule has 1 N–H and O–H groups in total. The SMILES string of the molecule is CC(C)c1ccc(OCCn2c(CNC(=O)c3ccncc3)nc3ccccc32)cc1. The summed E-state index contributed by atoms with van der Waals surface area (Å²) in [6, 6.07) is 19.6. The van der Waals surface area contributed by atoms with Crippen LogP contribution in [0.5, 0.6) is 5.75 Å². The lowest BCUT2D eigenvalue weighted by Gasteiger charge is -2.12. The van der Waals surface area contributed by atoms with E-state index in [0.29, 0.717) is 31.2 Å². The van der Waals surface area contributed by atoms with E-state index in [0.717, 1.165) is 22.6 Å². The van der Waals surface area contributed by atoms with Crippen LogP contribution in [0.15, 0.2) is 73.1 Å². The Bertz CT molecular complexity index is 1150. The average molecular weight is 415 g/mol. The third-order valence-corrected chi connectivity index (χ3v) is 5.21. The first-order valence-electron chi connectivity index (χ1n) is 10.5. The van der Waals surface area contributed by atoms with Gasteiger partial charge in [-0.15, -0.1) is 0 Å². The second-order valence-electron chi connectivity index (χ2n) is 7.66. The van der Waals surface area contributed by atoms with E-state index in [2.05, 4.69) is 40.8 Å². The zero-order chi connectivity index (χ0) is 21.6. The van der Waals surface area contributed by atoms with E-state index in [1.165, 1.54) is 5.56 Å². The summed E-state index contributed by atoms with van der Waals surface area (Å²) in [4.78, 5) is 21.1. The van der Waals surface area contributed by atoms with E-state index in [9.17, 15) is 4.79 Å². The molecular formula is C25H26N4O2. The van der Waals surface area contributed by atoms with Crippen LogP contribution in [0.2, 0.25) is 0 Å². The molecule has 0 aliphatic carbocycles. The second-order valence-corrected chi connectivity index (χ2v) is 7.66. The number of hydrogen-bond acceptors (Lipinski definition) is 4. The van der Waals surface area contributed by atoms with E-state index in [4.69, 9.17) is 9.72 Å². The van der Waals surface area contributed by atoms with Crippen molar-refractivity contribution < 1.29 is 9.53 Å². The first-order valence-corrected chi connectivity index (χ1v) is 10.5. The highest BCUT2D eigenvalue weighted by atomic mass is 16.5. The standard InChI is InChI=1S/C25H26N4O2/c1-18(2)19-7-9-21(10-8-19)31-16-15-29-23-6-4-3-5-22(23)28-24(29)17-27-25(30)20-11-13-26-14-12-20/h3-14,18H,15-17H2,1-2H3,(H,27,30). The molecule has 0 spiro atoms. The third kappa shape index (κ3) is 4.91. The molecule has 4 aromatic rings. The van der Waals surface area contributed by atoms with Gasteiger partial charge < -0.3 is 14.6 Å². The third-order valence-electron chi connectivity index (χ3n) is 5.21. The second kappa shape index (κ2) is 9.43. The van der Waals surface area contributed by atoms with Gasteiger partial charge in [0.2, 0.25) is 0 Å². The molecule has 2 aromatic heterocycles. The summed E-state index contributed by atoms with van der Waals surface area (Å²) in [7, 11) is 0. The van der Waals surface area contributed by atoms with Crippen LogP contribution in [0, 0.1) is 0 Å². The Morgan fingerprint density at radius 2 is 1.77 bits per heavy atom. The van der Waals surface area contributed by atoms with Gasteiger partial charge >= 0.3 is 0 Å². The molecule has 0 radical (unpaired) electrons. The molecule has 158 valence electrons. The van der Waals surface area contributed by atoms with E-state index < -0.39 is 0 Å². The molecular weight excluding hydrogens is 388 g/mol. The quantitative estimate of drug-likeness (QED) is 0.459. The van der Waals surface area contributed by atoms with Crippen molar-refractivity contribution in [2.24, 2.45) is 0 Å². The molecule has 0 bridgehead atoms. The van der Waals surface area contributed by atoms with Gasteiger partial charge in [-0.25, -0.2) is 4.98 Å². The van der Waals surface area contributed by atoms with Crippen LogP contribution in [0.25, 0.3) is 11.0 Å². The number of aromatic nitrogens is 3. The lowest BCUT2D eigenvalue weighted by molar-refractivity contribution is 0.0949. The summed E-state index contributed by atoms with van der Waals surface area (Å²) < 4.78 is 8.07. The molecule has 0 saturated carbocycles. The fourth-order valence-corrected chi connectivity index (χ4v) is 3.48. The molecule has 2 aromatic carbocycles. The summed E-state index contributed by atoms with van der Waals surface area (Å²) in [5.41, 5.74) is 3.79. The normalized spacial score (nSPS) is 11.1. The van der Waals surface area contributed by atoms with E-state index >= 15 is 0 Å². The number of benzene rings is 2. The van der Waals surface area contributed by atoms with Crippen LogP contribution >= 0.6 is 0 Å². The van der Waals surface area contributed by atoms with Gasteiger partial charge in [-0.2, -0.15) is 0 Å². The molecule has 0 atom stereocenters. The number of nitrogens with one attached hydrogen (secondary N) is 1. The zero-order valence-corrected chi connectivity index (χ0v) is 17.8. The van der Waals surface area contributed by atoms with Crippen LogP contribution < -0.4 is 10.1 Å². The van der Waals surface area contributed by atoms with Crippen molar-refractivity contribution in [1.82, 2.24) is 19.9 Å². The Balaban J connectivity index is 1.45. The van der Waals surface area contributed by atoms with Crippen molar-refractivity contribution in [2.75, 3.05) is 6.61 Å². The highest BCUT2D eigenvalue weighted by Gasteiger charge is 2.12. The number of pyridine rings is 1. The average Bonchev–Trinajstić information content (AvgIpc) is 3.16. The minimum Gasteiger partial charge on any atom is -0.492 e. The molecule has 31 heavy (non-hydrogen) atoms. The van der Waals surface area contributed by atoms with Crippen molar-refractivity contribution >= 4 is 16.9 Å². The van der Waals surface area contributed by atoms with Gasteiger partial charge in [0.25, 0.3) is 5.91 Å². The smallest absolute Gasteiger partial charge is 0.251 e. The first kappa shape index (κ1) is 20.6. The van der Waals surface area contributed by atoms with Gasteiger partial charge in [-0.3, -0.25) is 9.78 Å². The number of carbonyl (C=O) groups is 1. The molecule has 0 unspecified atom stereocenters. The highest BCUT2D eigenvalue weighted by molar-refractivity contribution is 5.93. The fourth-order valence-electron chi connectivity index (χ4n) is 3.48. The zero-order valence-electron chi connectivity index (χ0n) is 17.8. The number of amides is 1. The first-order chi connectivity index (χ1) is 15.1. The summed E-state index contributed by atoms with van der Waals surface area (Å²) in [6.45, 7) is 5.82. The molecule has 0 fully saturated rings. The topological polar surface area (TPSA) is 69.0 Å². The maximum Gasteiger partial charge on any atom is 0.251 e. The Hall–Kier alpha value is -3.67. The van der Waals surface area contributed by atoms with Crippen LogP contribution in [0.1, 0.15) is 41.5 Å². The number of rotatable bonds is 8. The minimum atomic E-state index is -0.150. The number of hydrogen-bond donors (Lipinski definition) is 1. The van der Waals surface area contributed by atoms with E-state index in [1.54, 1.807) is 24.5 Å². The van der Waals surface area contributed by atoms with Crippen molar-refractivity contribution in [1.29, 1.82) is 0 Å². The number of nitrogens with zero attached hydrogens (tertiary/aromatic N) is 3. The lowest BCUT2D eigenvalue weighted by atomic mass is 10.0. The molecule has 4 rings (SSSR count).